The van der Waals surface area contributed by atoms with Gasteiger partial charge in [-0.2, -0.15) is 0 Å². The maximum absolute atomic E-state index is 5.34. The number of hydrogen-bond acceptors (Lipinski definition) is 5. The molecule has 1 aromatic rings. The van der Waals surface area contributed by atoms with Crippen LogP contribution in [0.4, 0.5) is 0 Å². The molecule has 96 valence electrons. The van der Waals surface area contributed by atoms with Gasteiger partial charge in [-0.15, -0.1) is 0 Å². The largest absolute Gasteiger partial charge is 0.461 e. The summed E-state index contributed by atoms with van der Waals surface area (Å²) in [7, 11) is 1.64. The Hall–Kier alpha value is -1.20. The highest BCUT2D eigenvalue weighted by atomic mass is 16.5. The van der Waals surface area contributed by atoms with Crippen molar-refractivity contribution in [1.29, 1.82) is 0 Å². The van der Waals surface area contributed by atoms with Crippen molar-refractivity contribution in [3.63, 3.8) is 0 Å². The summed E-state index contributed by atoms with van der Waals surface area (Å²) >= 11 is 0. The molecule has 0 fully saturated rings. The summed E-state index contributed by atoms with van der Waals surface area (Å²) in [5.41, 5.74) is 2.06. The summed E-state index contributed by atoms with van der Waals surface area (Å²) in [4.78, 5) is 8.46. The molecule has 1 rings (SSSR count). The standard InChI is InChI=1S/C12H21N3O2/c1-4-5-13-8-11-9-14-12(15-10(11)2)17-7-6-16-3/h9,13H,4-8H2,1-3H3. The van der Waals surface area contributed by atoms with Crippen LogP contribution < -0.4 is 10.1 Å². The molecule has 0 aliphatic carbocycles. The van der Waals surface area contributed by atoms with E-state index in [1.54, 1.807) is 7.11 Å². The maximum atomic E-state index is 5.34. The van der Waals surface area contributed by atoms with E-state index in [0.29, 0.717) is 19.2 Å². The lowest BCUT2D eigenvalue weighted by Crippen LogP contribution is -2.16. The van der Waals surface area contributed by atoms with Gasteiger partial charge >= 0.3 is 6.01 Å². The van der Waals surface area contributed by atoms with Gasteiger partial charge < -0.3 is 14.8 Å². The van der Waals surface area contributed by atoms with E-state index in [1.807, 2.05) is 13.1 Å². The monoisotopic (exact) mass is 239 g/mol. The zero-order chi connectivity index (χ0) is 12.5. The van der Waals surface area contributed by atoms with Crippen LogP contribution in [0.3, 0.4) is 0 Å². The minimum absolute atomic E-state index is 0.416. The molecule has 0 saturated carbocycles. The number of hydrogen-bond donors (Lipinski definition) is 1. The molecule has 0 aliphatic heterocycles. The third-order valence-electron chi connectivity index (χ3n) is 2.32. The summed E-state index contributed by atoms with van der Waals surface area (Å²) in [5.74, 6) is 0. The van der Waals surface area contributed by atoms with Crippen LogP contribution in [0, 0.1) is 6.92 Å². The van der Waals surface area contributed by atoms with Crippen LogP contribution in [0.25, 0.3) is 0 Å². The smallest absolute Gasteiger partial charge is 0.316 e. The molecule has 17 heavy (non-hydrogen) atoms. The number of methoxy groups -OCH3 is 1. The molecular weight excluding hydrogens is 218 g/mol. The highest BCUT2D eigenvalue weighted by molar-refractivity contribution is 5.17. The predicted octanol–water partition coefficient (Wildman–Crippen LogP) is 1.31. The molecule has 5 heteroatoms. The van der Waals surface area contributed by atoms with Gasteiger partial charge in [0.2, 0.25) is 0 Å². The van der Waals surface area contributed by atoms with Crippen LogP contribution in [0.1, 0.15) is 24.6 Å². The van der Waals surface area contributed by atoms with Gasteiger partial charge in [-0.1, -0.05) is 6.92 Å². The lowest BCUT2D eigenvalue weighted by atomic mass is 10.2. The third kappa shape index (κ3) is 5.10. The van der Waals surface area contributed by atoms with Crippen LogP contribution in [0.15, 0.2) is 6.20 Å². The van der Waals surface area contributed by atoms with Gasteiger partial charge in [0.15, 0.2) is 0 Å². The first-order valence-corrected chi connectivity index (χ1v) is 5.93. The minimum atomic E-state index is 0.416. The number of nitrogens with zero attached hydrogens (tertiary/aromatic N) is 2. The first-order valence-electron chi connectivity index (χ1n) is 5.93. The molecule has 0 saturated heterocycles. The normalized spacial score (nSPS) is 10.5. The van der Waals surface area contributed by atoms with Crippen LogP contribution >= 0.6 is 0 Å². The zero-order valence-corrected chi connectivity index (χ0v) is 10.8. The van der Waals surface area contributed by atoms with Gasteiger partial charge in [0.25, 0.3) is 0 Å². The predicted molar refractivity (Wildman–Crippen MR) is 66.1 cm³/mol. The van der Waals surface area contributed by atoms with E-state index >= 15 is 0 Å². The Morgan fingerprint density at radius 1 is 1.35 bits per heavy atom. The van der Waals surface area contributed by atoms with E-state index < -0.39 is 0 Å². The lowest BCUT2D eigenvalue weighted by molar-refractivity contribution is 0.140. The molecule has 5 nitrogen and oxygen atoms in total. The molecule has 0 amide bonds. The first kappa shape index (κ1) is 13.9. The lowest BCUT2D eigenvalue weighted by Gasteiger charge is -2.08. The minimum Gasteiger partial charge on any atom is -0.461 e. The molecular formula is C12H21N3O2. The SMILES string of the molecule is CCCNCc1cnc(OCCOC)nc1C. The summed E-state index contributed by atoms with van der Waals surface area (Å²) in [5, 5.41) is 3.32. The van der Waals surface area contributed by atoms with Crippen molar-refractivity contribution in [2.45, 2.75) is 26.8 Å². The van der Waals surface area contributed by atoms with E-state index in [2.05, 4.69) is 22.2 Å². The van der Waals surface area contributed by atoms with Gasteiger partial charge in [0, 0.05) is 31.1 Å². The summed E-state index contributed by atoms with van der Waals surface area (Å²) in [6.45, 7) is 6.94. The zero-order valence-electron chi connectivity index (χ0n) is 10.8. The second-order valence-corrected chi connectivity index (χ2v) is 3.78. The number of ether oxygens (including phenoxy) is 2. The Morgan fingerprint density at radius 2 is 2.18 bits per heavy atom. The van der Waals surface area contributed by atoms with Crippen LogP contribution in [0.2, 0.25) is 0 Å². The fourth-order valence-electron chi connectivity index (χ4n) is 1.33. The summed E-state index contributed by atoms with van der Waals surface area (Å²) in [6.07, 6.45) is 2.94. The average molecular weight is 239 g/mol. The molecule has 1 aromatic heterocycles. The first-order chi connectivity index (χ1) is 8.27. The highest BCUT2D eigenvalue weighted by Crippen LogP contribution is 2.08. The van der Waals surface area contributed by atoms with Crippen LogP contribution in [-0.2, 0) is 11.3 Å². The van der Waals surface area contributed by atoms with E-state index in [4.69, 9.17) is 9.47 Å². The molecule has 0 aliphatic rings. The van der Waals surface area contributed by atoms with Gasteiger partial charge in [-0.05, 0) is 19.9 Å². The molecule has 1 N–H and O–H groups in total. The van der Waals surface area contributed by atoms with Crippen molar-refractivity contribution >= 4 is 0 Å². The Kier molecular flexibility index (Phi) is 6.50. The molecule has 0 spiro atoms. The molecule has 0 radical (unpaired) electrons. The Labute approximate surface area is 103 Å². The third-order valence-corrected chi connectivity index (χ3v) is 2.32. The Balaban J connectivity index is 2.47. The molecule has 0 atom stereocenters. The van der Waals surface area contributed by atoms with E-state index in [1.165, 1.54) is 0 Å². The van der Waals surface area contributed by atoms with Crippen LogP contribution in [0.5, 0.6) is 6.01 Å². The maximum Gasteiger partial charge on any atom is 0.316 e. The number of nitrogens with one attached hydrogen (secondary N) is 1. The van der Waals surface area contributed by atoms with Crippen molar-refractivity contribution in [3.8, 4) is 6.01 Å². The van der Waals surface area contributed by atoms with Gasteiger partial charge in [0.1, 0.15) is 6.61 Å². The van der Waals surface area contributed by atoms with E-state index in [0.717, 1.165) is 30.8 Å². The van der Waals surface area contributed by atoms with Gasteiger partial charge in [-0.3, -0.25) is 0 Å². The number of rotatable bonds is 8. The summed E-state index contributed by atoms with van der Waals surface area (Å²) < 4.78 is 10.2. The van der Waals surface area contributed by atoms with Gasteiger partial charge in [0.05, 0.1) is 6.61 Å². The Bertz CT molecular complexity index is 332. The van der Waals surface area contributed by atoms with E-state index in [9.17, 15) is 0 Å². The van der Waals surface area contributed by atoms with Crippen molar-refractivity contribution in [3.05, 3.63) is 17.5 Å². The number of aromatic nitrogens is 2. The highest BCUT2D eigenvalue weighted by Gasteiger charge is 2.03. The molecule has 0 aromatic carbocycles. The number of aryl methyl sites for hydroxylation is 1. The van der Waals surface area contributed by atoms with Crippen LogP contribution in [-0.4, -0.2) is 36.8 Å². The fourth-order valence-corrected chi connectivity index (χ4v) is 1.33. The van der Waals surface area contributed by atoms with Crippen molar-refractivity contribution in [2.75, 3.05) is 26.9 Å². The van der Waals surface area contributed by atoms with Gasteiger partial charge in [-0.25, -0.2) is 9.97 Å². The van der Waals surface area contributed by atoms with Crippen molar-refractivity contribution in [2.24, 2.45) is 0 Å². The second kappa shape index (κ2) is 7.97. The fraction of sp³-hybridized carbons (Fsp3) is 0.667. The molecule has 0 bridgehead atoms. The van der Waals surface area contributed by atoms with E-state index in [-0.39, 0.29) is 0 Å². The van der Waals surface area contributed by atoms with Crippen molar-refractivity contribution in [1.82, 2.24) is 15.3 Å². The Morgan fingerprint density at radius 3 is 2.82 bits per heavy atom. The summed E-state index contributed by atoms with van der Waals surface area (Å²) in [6, 6.07) is 0.416. The topological polar surface area (TPSA) is 56.3 Å². The average Bonchev–Trinajstić information content (AvgIpc) is 2.32. The van der Waals surface area contributed by atoms with Crippen molar-refractivity contribution < 1.29 is 9.47 Å². The quantitative estimate of drug-likeness (QED) is 0.693. The molecule has 1 heterocycles. The molecule has 0 unspecified atom stereocenters. The second-order valence-electron chi connectivity index (χ2n) is 3.78.